The molecule has 0 saturated carbocycles. The van der Waals surface area contributed by atoms with Crippen LogP contribution in [0.1, 0.15) is 22.4 Å². The predicted octanol–water partition coefficient (Wildman–Crippen LogP) is 5.66. The van der Waals surface area contributed by atoms with Crippen molar-refractivity contribution in [2.24, 2.45) is 0 Å². The highest BCUT2D eigenvalue weighted by molar-refractivity contribution is 5.70. The van der Waals surface area contributed by atoms with Crippen molar-refractivity contribution in [2.45, 2.75) is 18.8 Å². The number of halogens is 8. The molecule has 2 aromatic heterocycles. The lowest BCUT2D eigenvalue weighted by Gasteiger charge is -2.13. The highest BCUT2D eigenvalue weighted by Crippen LogP contribution is 2.34. The van der Waals surface area contributed by atoms with Crippen molar-refractivity contribution in [3.8, 4) is 0 Å². The highest BCUT2D eigenvalue weighted by atomic mass is 19.4. The van der Waals surface area contributed by atoms with Gasteiger partial charge in [0.1, 0.15) is 11.6 Å². The Labute approximate surface area is 178 Å². The minimum atomic E-state index is -4.90. The number of rotatable bonds is 4. The summed E-state index contributed by atoms with van der Waals surface area (Å²) in [5, 5.41) is 9.55. The number of nitrogens with zero attached hydrogens (tertiary/aromatic N) is 4. The van der Waals surface area contributed by atoms with Crippen LogP contribution >= 0.6 is 0 Å². The van der Waals surface area contributed by atoms with Gasteiger partial charge < -0.3 is 5.32 Å². The average molecular weight is 475 g/mol. The summed E-state index contributed by atoms with van der Waals surface area (Å²) in [5.74, 6) is -3.18. The lowest BCUT2D eigenvalue weighted by atomic mass is 10.1. The summed E-state index contributed by atoms with van der Waals surface area (Å²) in [6.45, 7) is 0. The minimum Gasteiger partial charge on any atom is -0.339 e. The number of fused-ring (bicyclic) bond motifs is 1. The fourth-order valence-electron chi connectivity index (χ4n) is 2.95. The van der Waals surface area contributed by atoms with Crippen molar-refractivity contribution in [2.75, 3.05) is 5.32 Å². The maximum Gasteiger partial charge on any atom is 0.419 e. The van der Waals surface area contributed by atoms with Crippen LogP contribution in [-0.4, -0.2) is 20.3 Å². The average Bonchev–Trinajstić information content (AvgIpc) is 3.13. The molecule has 0 spiro atoms. The zero-order valence-electron chi connectivity index (χ0n) is 15.9. The van der Waals surface area contributed by atoms with Gasteiger partial charge in [0.2, 0.25) is 11.3 Å². The molecule has 0 aliphatic heterocycles. The largest absolute Gasteiger partial charge is 0.419 e. The van der Waals surface area contributed by atoms with Crippen molar-refractivity contribution in [1.29, 1.82) is 0 Å². The second kappa shape index (κ2) is 7.94. The Morgan fingerprint density at radius 3 is 1.91 bits per heavy atom. The number of benzene rings is 2. The molecule has 2 aromatic carbocycles. The van der Waals surface area contributed by atoms with Crippen LogP contribution in [-0.2, 0) is 18.8 Å². The molecule has 0 bridgehead atoms. The number of aromatic nitrogens is 4. The van der Waals surface area contributed by atoms with Gasteiger partial charge in [-0.2, -0.15) is 26.3 Å². The van der Waals surface area contributed by atoms with Crippen LogP contribution in [0.5, 0.6) is 0 Å². The SMILES string of the molecule is Fc1cc(Cc2nc3nonc3nc2Nc2ccc(C(F)(F)F)c(F)c2)ccc1C(F)(F)F. The molecule has 0 fully saturated rings. The van der Waals surface area contributed by atoms with Gasteiger partial charge in [-0.25, -0.2) is 23.4 Å². The summed E-state index contributed by atoms with van der Waals surface area (Å²) >= 11 is 0. The van der Waals surface area contributed by atoms with Gasteiger partial charge in [-0.1, -0.05) is 6.07 Å². The van der Waals surface area contributed by atoms with E-state index in [1.807, 2.05) is 0 Å². The van der Waals surface area contributed by atoms with Crippen LogP contribution < -0.4 is 5.32 Å². The number of anilines is 2. The van der Waals surface area contributed by atoms with E-state index < -0.39 is 35.1 Å². The van der Waals surface area contributed by atoms with E-state index in [0.29, 0.717) is 24.3 Å². The summed E-state index contributed by atoms with van der Waals surface area (Å²) in [6.07, 6.45) is -10.0. The predicted molar refractivity (Wildman–Crippen MR) is 96.3 cm³/mol. The standard InChI is InChI=1S/C19H9F8N5O/c20-12-5-8(1-3-10(12)18(22,23)24)6-14-15(30-17-16(29-14)31-33-32-17)28-9-2-4-11(13(21)7-9)19(25,26)27/h1-5,7H,6H2,(H,28,30,32). The monoisotopic (exact) mass is 475 g/mol. The molecular formula is C19H9F8N5O. The van der Waals surface area contributed by atoms with E-state index >= 15 is 0 Å². The first kappa shape index (κ1) is 22.4. The van der Waals surface area contributed by atoms with Crippen molar-refractivity contribution in [1.82, 2.24) is 20.3 Å². The van der Waals surface area contributed by atoms with Crippen LogP contribution in [0.25, 0.3) is 11.3 Å². The first-order chi connectivity index (χ1) is 15.4. The van der Waals surface area contributed by atoms with Crippen molar-refractivity contribution in [3.63, 3.8) is 0 Å². The zero-order valence-corrected chi connectivity index (χ0v) is 15.9. The van der Waals surface area contributed by atoms with Gasteiger partial charge in [0, 0.05) is 12.1 Å². The third-order valence-corrected chi connectivity index (χ3v) is 4.43. The molecule has 1 N–H and O–H groups in total. The summed E-state index contributed by atoms with van der Waals surface area (Å²) < 4.78 is 109. The van der Waals surface area contributed by atoms with Crippen molar-refractivity contribution in [3.05, 3.63) is 70.4 Å². The van der Waals surface area contributed by atoms with Crippen molar-refractivity contribution >= 4 is 22.8 Å². The number of nitrogens with one attached hydrogen (secondary N) is 1. The van der Waals surface area contributed by atoms with Crippen LogP contribution in [0, 0.1) is 11.6 Å². The molecule has 0 unspecified atom stereocenters. The zero-order chi connectivity index (χ0) is 24.0. The maximum atomic E-state index is 13.9. The number of alkyl halides is 6. The summed E-state index contributed by atoms with van der Waals surface area (Å²) in [6, 6.07) is 4.30. The first-order valence-electron chi connectivity index (χ1n) is 8.90. The third kappa shape index (κ3) is 4.68. The first-order valence-corrected chi connectivity index (χ1v) is 8.90. The van der Waals surface area contributed by atoms with Gasteiger partial charge in [-0.05, 0) is 46.2 Å². The molecule has 14 heteroatoms. The second-order valence-corrected chi connectivity index (χ2v) is 6.74. The Balaban J connectivity index is 1.70. The van der Waals surface area contributed by atoms with E-state index in [9.17, 15) is 35.1 Å². The normalized spacial score (nSPS) is 12.4. The Morgan fingerprint density at radius 1 is 0.758 bits per heavy atom. The molecule has 0 aliphatic rings. The molecule has 2 heterocycles. The smallest absolute Gasteiger partial charge is 0.339 e. The highest BCUT2D eigenvalue weighted by Gasteiger charge is 2.35. The molecule has 4 rings (SSSR count). The molecule has 4 aromatic rings. The van der Waals surface area contributed by atoms with E-state index in [4.69, 9.17) is 0 Å². The molecule has 33 heavy (non-hydrogen) atoms. The van der Waals surface area contributed by atoms with Gasteiger partial charge in [0.15, 0.2) is 5.82 Å². The van der Waals surface area contributed by atoms with Crippen LogP contribution in [0.15, 0.2) is 41.0 Å². The van der Waals surface area contributed by atoms with E-state index in [2.05, 4.69) is 30.2 Å². The fourth-order valence-corrected chi connectivity index (χ4v) is 2.95. The van der Waals surface area contributed by atoms with Crippen LogP contribution in [0.2, 0.25) is 0 Å². The van der Waals surface area contributed by atoms with Gasteiger partial charge in [0.05, 0.1) is 16.8 Å². The molecule has 0 amide bonds. The van der Waals surface area contributed by atoms with Gasteiger partial charge in [-0.3, -0.25) is 0 Å². The second-order valence-electron chi connectivity index (χ2n) is 6.74. The van der Waals surface area contributed by atoms with E-state index in [1.54, 1.807) is 0 Å². The molecular weight excluding hydrogens is 466 g/mol. The van der Waals surface area contributed by atoms with Crippen LogP contribution in [0.4, 0.5) is 46.6 Å². The lowest BCUT2D eigenvalue weighted by Crippen LogP contribution is -2.10. The van der Waals surface area contributed by atoms with Gasteiger partial charge in [-0.15, -0.1) is 0 Å². The topological polar surface area (TPSA) is 76.7 Å². The van der Waals surface area contributed by atoms with E-state index in [0.717, 1.165) is 12.1 Å². The molecule has 0 atom stereocenters. The van der Waals surface area contributed by atoms with Gasteiger partial charge in [0.25, 0.3) is 0 Å². The Bertz CT molecular complexity index is 1230. The lowest BCUT2D eigenvalue weighted by molar-refractivity contribution is -0.140. The number of hydrogen-bond acceptors (Lipinski definition) is 6. The molecule has 0 aliphatic carbocycles. The van der Waals surface area contributed by atoms with Crippen LogP contribution in [0.3, 0.4) is 0 Å². The summed E-state index contributed by atoms with van der Waals surface area (Å²) in [5.41, 5.74) is -3.16. The van der Waals surface area contributed by atoms with Gasteiger partial charge >= 0.3 is 12.4 Å². The third-order valence-electron chi connectivity index (χ3n) is 4.43. The maximum absolute atomic E-state index is 13.9. The quantitative estimate of drug-likeness (QED) is 0.384. The number of hydrogen-bond donors (Lipinski definition) is 1. The molecule has 0 saturated heterocycles. The van der Waals surface area contributed by atoms with E-state index in [1.165, 1.54) is 0 Å². The Morgan fingerprint density at radius 2 is 1.33 bits per heavy atom. The van der Waals surface area contributed by atoms with Crippen molar-refractivity contribution < 1.29 is 39.8 Å². The molecule has 0 radical (unpaired) electrons. The fraction of sp³-hybridized carbons (Fsp3) is 0.158. The molecule has 172 valence electrons. The molecule has 6 nitrogen and oxygen atoms in total. The summed E-state index contributed by atoms with van der Waals surface area (Å²) in [4.78, 5) is 8.14. The minimum absolute atomic E-state index is 0.0117. The Kier molecular flexibility index (Phi) is 5.38. The summed E-state index contributed by atoms with van der Waals surface area (Å²) in [7, 11) is 0. The van der Waals surface area contributed by atoms with E-state index in [-0.39, 0.29) is 40.5 Å². The Hall–Kier alpha value is -3.84.